The molecule has 11 aromatic carbocycles. The molecule has 0 radical (unpaired) electrons. The Morgan fingerprint density at radius 3 is 1.19 bits per heavy atom. The topological polar surface area (TPSA) is 0 Å². The fourth-order valence-electron chi connectivity index (χ4n) is 9.78. The van der Waals surface area contributed by atoms with Gasteiger partial charge in [-0.1, -0.05) is 194 Å². The van der Waals surface area contributed by atoms with Crippen LogP contribution < -0.4 is 0 Å². The second-order valence-electron chi connectivity index (χ2n) is 15.5. The van der Waals surface area contributed by atoms with Crippen molar-refractivity contribution in [1.29, 1.82) is 0 Å². The minimum atomic E-state index is 1.21. The van der Waals surface area contributed by atoms with Crippen molar-refractivity contribution in [2.45, 2.75) is 0 Å². The molecule has 0 amide bonds. The van der Waals surface area contributed by atoms with Gasteiger partial charge in [0, 0.05) is 0 Å². The van der Waals surface area contributed by atoms with Crippen LogP contribution in [-0.2, 0) is 0 Å². The number of benzene rings is 11. The molecule has 0 saturated carbocycles. The van der Waals surface area contributed by atoms with E-state index in [9.17, 15) is 0 Å². The summed E-state index contributed by atoms with van der Waals surface area (Å²) in [6, 6.07) is 80.9. The van der Waals surface area contributed by atoms with E-state index in [0.717, 1.165) is 0 Å². The van der Waals surface area contributed by atoms with Crippen molar-refractivity contribution in [3.8, 4) is 77.9 Å². The van der Waals surface area contributed by atoms with Crippen LogP contribution in [0.3, 0.4) is 0 Å². The third-order valence-corrected chi connectivity index (χ3v) is 12.4. The minimum Gasteiger partial charge on any atom is -0.0622 e. The average Bonchev–Trinajstić information content (AvgIpc) is 3.63. The highest BCUT2D eigenvalue weighted by Crippen LogP contribution is 2.51. The van der Waals surface area contributed by atoms with Crippen LogP contribution in [0, 0.1) is 0 Å². The molecule has 0 atom stereocenters. The highest BCUT2D eigenvalue weighted by Gasteiger charge is 2.24. The number of hydrogen-bond acceptors (Lipinski definition) is 0. The van der Waals surface area contributed by atoms with Gasteiger partial charge < -0.3 is 0 Å². The van der Waals surface area contributed by atoms with Crippen molar-refractivity contribution in [1.82, 2.24) is 0 Å². The summed E-state index contributed by atoms with van der Waals surface area (Å²) in [5.74, 6) is 0. The van der Waals surface area contributed by atoms with Gasteiger partial charge in [-0.3, -0.25) is 0 Å². The van der Waals surface area contributed by atoms with Gasteiger partial charge in [-0.15, -0.1) is 0 Å². The Bertz CT molecular complexity index is 3380. The standard InChI is InChI=1S/C58H36/c1-4-15-37(16-5-1)52-33-40-21-10-11-22-41(40)34-53(52)43-28-30-48-47-29-27-42(44-31-32-51-46-24-13-12-23-45(46)50-26-14-25-49(44)58(50)51)35-54(47)56(38-17-6-2-7-18-38)57(55(48)36-43)39-19-8-3-9-20-39/h1-36H. The maximum Gasteiger partial charge on any atom is -0.00201 e. The molecule has 1 aliphatic rings. The van der Waals surface area contributed by atoms with Gasteiger partial charge >= 0.3 is 0 Å². The number of rotatable bonds is 5. The molecule has 11 aromatic rings. The number of hydrogen-bond donors (Lipinski definition) is 0. The van der Waals surface area contributed by atoms with E-state index in [2.05, 4.69) is 218 Å². The lowest BCUT2D eigenvalue weighted by Gasteiger charge is -2.21. The van der Waals surface area contributed by atoms with Crippen LogP contribution in [0.4, 0.5) is 0 Å². The lowest BCUT2D eigenvalue weighted by atomic mass is 9.82. The van der Waals surface area contributed by atoms with E-state index in [1.807, 2.05) is 0 Å². The average molecular weight is 733 g/mol. The Balaban J connectivity index is 1.16. The van der Waals surface area contributed by atoms with Crippen LogP contribution in [0.1, 0.15) is 0 Å². The first kappa shape index (κ1) is 32.7. The van der Waals surface area contributed by atoms with Crippen molar-refractivity contribution in [3.63, 3.8) is 0 Å². The summed E-state index contributed by atoms with van der Waals surface area (Å²) >= 11 is 0. The molecular weight excluding hydrogens is 697 g/mol. The van der Waals surface area contributed by atoms with Gasteiger partial charge in [0.05, 0.1) is 0 Å². The maximum atomic E-state index is 2.46. The molecule has 268 valence electrons. The Morgan fingerprint density at radius 1 is 0.190 bits per heavy atom. The predicted octanol–water partition coefficient (Wildman–Crippen LogP) is 16.3. The highest BCUT2D eigenvalue weighted by molar-refractivity contribution is 6.24. The van der Waals surface area contributed by atoms with Crippen LogP contribution >= 0.6 is 0 Å². The Labute approximate surface area is 337 Å². The van der Waals surface area contributed by atoms with Gasteiger partial charge in [0.15, 0.2) is 0 Å². The Hall–Kier alpha value is -7.54. The third-order valence-electron chi connectivity index (χ3n) is 12.4. The van der Waals surface area contributed by atoms with Crippen LogP contribution in [0.5, 0.6) is 0 Å². The van der Waals surface area contributed by atoms with E-state index in [0.29, 0.717) is 0 Å². The largest absolute Gasteiger partial charge is 0.0622 e. The van der Waals surface area contributed by atoms with Crippen molar-refractivity contribution >= 4 is 43.1 Å². The van der Waals surface area contributed by atoms with Crippen LogP contribution in [0.15, 0.2) is 218 Å². The van der Waals surface area contributed by atoms with Crippen molar-refractivity contribution in [2.24, 2.45) is 0 Å². The molecule has 0 nitrogen and oxygen atoms in total. The zero-order chi connectivity index (χ0) is 38.2. The SMILES string of the molecule is c1ccc(-c2cc3ccccc3cc2-c2ccc3c(c2)c(-c2ccccc2)c(-c2ccccc2)c2cc(-c4ccc5c6c(cccc46)-c4ccccc4-5)ccc23)cc1. The van der Waals surface area contributed by atoms with Gasteiger partial charge in [-0.25, -0.2) is 0 Å². The summed E-state index contributed by atoms with van der Waals surface area (Å²) in [4.78, 5) is 0. The molecule has 0 unspecified atom stereocenters. The van der Waals surface area contributed by atoms with E-state index in [-0.39, 0.29) is 0 Å². The van der Waals surface area contributed by atoms with E-state index in [4.69, 9.17) is 0 Å². The summed E-state index contributed by atoms with van der Waals surface area (Å²) in [7, 11) is 0. The lowest BCUT2D eigenvalue weighted by molar-refractivity contribution is 1.61. The molecule has 0 aromatic heterocycles. The van der Waals surface area contributed by atoms with Crippen molar-refractivity contribution in [2.75, 3.05) is 0 Å². The molecule has 58 heavy (non-hydrogen) atoms. The first-order chi connectivity index (χ1) is 28.8. The van der Waals surface area contributed by atoms with Gasteiger partial charge in [-0.05, 0) is 145 Å². The smallest absolute Gasteiger partial charge is 0.00201 e. The fraction of sp³-hybridized carbons (Fsp3) is 0. The molecule has 0 N–H and O–H groups in total. The maximum absolute atomic E-state index is 2.46. The van der Waals surface area contributed by atoms with Gasteiger partial charge in [-0.2, -0.15) is 0 Å². The summed E-state index contributed by atoms with van der Waals surface area (Å²) < 4.78 is 0. The summed E-state index contributed by atoms with van der Waals surface area (Å²) in [5, 5.41) is 10.1. The molecule has 0 aliphatic heterocycles. The van der Waals surface area contributed by atoms with E-state index in [1.165, 1.54) is 121 Å². The van der Waals surface area contributed by atoms with Crippen molar-refractivity contribution in [3.05, 3.63) is 218 Å². The zero-order valence-electron chi connectivity index (χ0n) is 31.8. The quantitative estimate of drug-likeness (QED) is 0.155. The van der Waals surface area contributed by atoms with Crippen molar-refractivity contribution < 1.29 is 0 Å². The molecule has 1 aliphatic carbocycles. The zero-order valence-corrected chi connectivity index (χ0v) is 31.8. The first-order valence-electron chi connectivity index (χ1n) is 20.2. The predicted molar refractivity (Wildman–Crippen MR) is 248 cm³/mol. The Kier molecular flexibility index (Phi) is 7.33. The molecule has 12 rings (SSSR count). The van der Waals surface area contributed by atoms with E-state index in [1.54, 1.807) is 0 Å². The lowest BCUT2D eigenvalue weighted by Crippen LogP contribution is -1.94. The fourth-order valence-corrected chi connectivity index (χ4v) is 9.78. The van der Waals surface area contributed by atoms with Gasteiger partial charge in [0.2, 0.25) is 0 Å². The third kappa shape index (κ3) is 5.02. The summed E-state index contributed by atoms with van der Waals surface area (Å²) in [5.41, 5.74) is 17.6. The molecule has 0 saturated heterocycles. The summed E-state index contributed by atoms with van der Waals surface area (Å²) in [6.07, 6.45) is 0. The molecular formula is C58H36. The second kappa shape index (κ2) is 13.0. The second-order valence-corrected chi connectivity index (χ2v) is 15.5. The monoisotopic (exact) mass is 732 g/mol. The molecule has 0 bridgehead atoms. The normalized spacial score (nSPS) is 11.8. The van der Waals surface area contributed by atoms with Crippen LogP contribution in [-0.4, -0.2) is 0 Å². The molecule has 0 heteroatoms. The van der Waals surface area contributed by atoms with Crippen LogP contribution in [0.25, 0.3) is 121 Å². The number of fused-ring (bicyclic) bond motifs is 7. The first-order valence-corrected chi connectivity index (χ1v) is 20.2. The van der Waals surface area contributed by atoms with Gasteiger partial charge in [0.1, 0.15) is 0 Å². The van der Waals surface area contributed by atoms with Crippen LogP contribution in [0.2, 0.25) is 0 Å². The van der Waals surface area contributed by atoms with Gasteiger partial charge in [0.25, 0.3) is 0 Å². The Morgan fingerprint density at radius 2 is 0.621 bits per heavy atom. The highest BCUT2D eigenvalue weighted by atomic mass is 14.3. The molecule has 0 spiro atoms. The molecule has 0 fully saturated rings. The minimum absolute atomic E-state index is 1.21. The van der Waals surface area contributed by atoms with E-state index >= 15 is 0 Å². The summed E-state index contributed by atoms with van der Waals surface area (Å²) in [6.45, 7) is 0. The molecule has 0 heterocycles. The van der Waals surface area contributed by atoms with E-state index < -0.39 is 0 Å².